The maximum absolute atomic E-state index is 12.7. The predicted octanol–water partition coefficient (Wildman–Crippen LogP) is 4.49. The van der Waals surface area contributed by atoms with Crippen LogP contribution in [0.2, 0.25) is 0 Å². The van der Waals surface area contributed by atoms with Crippen molar-refractivity contribution < 1.29 is 9.53 Å². The lowest BCUT2D eigenvalue weighted by atomic mass is 10.1. The molecule has 3 rings (SSSR count). The third kappa shape index (κ3) is 4.24. The Hall–Kier alpha value is -2.59. The molecule has 1 heterocycles. The van der Waals surface area contributed by atoms with Crippen molar-refractivity contribution in [2.24, 2.45) is 0 Å². The molecule has 24 heavy (non-hydrogen) atoms. The molecule has 0 aliphatic heterocycles. The minimum absolute atomic E-state index is 0.142. The van der Waals surface area contributed by atoms with Crippen LogP contribution in [0.25, 0.3) is 0 Å². The van der Waals surface area contributed by atoms with Crippen molar-refractivity contribution in [3.8, 4) is 5.75 Å². The molecule has 2 aromatic carbocycles. The summed E-state index contributed by atoms with van der Waals surface area (Å²) < 4.78 is 6.00. The van der Waals surface area contributed by atoms with E-state index in [1.165, 1.54) is 0 Å². The van der Waals surface area contributed by atoms with Gasteiger partial charge in [0.15, 0.2) is 0 Å². The topological polar surface area (TPSA) is 38.3 Å². The van der Waals surface area contributed by atoms with Gasteiger partial charge in [0.1, 0.15) is 5.75 Å². The second kappa shape index (κ2) is 7.79. The fraction of sp³-hybridized carbons (Fsp3) is 0.150. The predicted molar refractivity (Wildman–Crippen MR) is 97.2 cm³/mol. The van der Waals surface area contributed by atoms with Gasteiger partial charge in [0, 0.05) is 10.4 Å². The van der Waals surface area contributed by atoms with Crippen LogP contribution < -0.4 is 10.1 Å². The summed E-state index contributed by atoms with van der Waals surface area (Å²) in [6, 6.07) is 21.3. The molecule has 0 aliphatic rings. The lowest BCUT2D eigenvalue weighted by molar-refractivity contribution is -0.128. The number of nitrogens with one attached hydrogen (secondary N) is 1. The number of rotatable bonds is 6. The molecule has 1 amide bonds. The van der Waals surface area contributed by atoms with Gasteiger partial charge in [-0.05, 0) is 36.1 Å². The van der Waals surface area contributed by atoms with Gasteiger partial charge in [0.25, 0.3) is 5.91 Å². The first-order valence-electron chi connectivity index (χ1n) is 7.81. The van der Waals surface area contributed by atoms with Crippen LogP contribution in [0.3, 0.4) is 0 Å². The zero-order chi connectivity index (χ0) is 16.8. The lowest BCUT2D eigenvalue weighted by Crippen LogP contribution is -2.31. The molecule has 1 unspecified atom stereocenters. The van der Waals surface area contributed by atoms with Crippen LogP contribution in [-0.2, 0) is 11.3 Å². The summed E-state index contributed by atoms with van der Waals surface area (Å²) in [6.45, 7) is 2.51. The normalized spacial score (nSPS) is 11.7. The first-order valence-corrected chi connectivity index (χ1v) is 8.69. The molecule has 3 aromatic rings. The standard InChI is InChI=1S/C20H19NO2S/c1-15-7-5-10-17(13-15)23-19(16-8-3-2-4-9-16)20(22)21-14-18-11-6-12-24-18/h2-13,19H,14H2,1H3,(H,21,22). The number of ether oxygens (including phenoxy) is 1. The Kier molecular flexibility index (Phi) is 5.29. The number of benzene rings is 2. The van der Waals surface area contributed by atoms with Crippen LogP contribution in [0.15, 0.2) is 72.1 Å². The van der Waals surface area contributed by atoms with Crippen molar-refractivity contribution in [1.29, 1.82) is 0 Å². The van der Waals surface area contributed by atoms with E-state index in [9.17, 15) is 4.79 Å². The summed E-state index contributed by atoms with van der Waals surface area (Å²) in [5, 5.41) is 4.96. The van der Waals surface area contributed by atoms with E-state index in [0.717, 1.165) is 16.0 Å². The van der Waals surface area contributed by atoms with Crippen molar-refractivity contribution in [3.05, 3.63) is 88.1 Å². The molecule has 4 heteroatoms. The second-order valence-electron chi connectivity index (χ2n) is 5.52. The Morgan fingerprint density at radius 2 is 1.92 bits per heavy atom. The van der Waals surface area contributed by atoms with Crippen LogP contribution in [0, 0.1) is 6.92 Å². The molecule has 0 saturated heterocycles. The van der Waals surface area contributed by atoms with Crippen molar-refractivity contribution >= 4 is 17.2 Å². The minimum Gasteiger partial charge on any atom is -0.476 e. The molecule has 3 nitrogen and oxygen atoms in total. The average molecular weight is 337 g/mol. The quantitative estimate of drug-likeness (QED) is 0.719. The van der Waals surface area contributed by atoms with E-state index >= 15 is 0 Å². The smallest absolute Gasteiger partial charge is 0.266 e. The second-order valence-corrected chi connectivity index (χ2v) is 6.55. The summed E-state index contributed by atoms with van der Waals surface area (Å²) >= 11 is 1.62. The van der Waals surface area contributed by atoms with Crippen LogP contribution in [-0.4, -0.2) is 5.91 Å². The van der Waals surface area contributed by atoms with Gasteiger partial charge in [-0.15, -0.1) is 11.3 Å². The average Bonchev–Trinajstić information content (AvgIpc) is 3.12. The van der Waals surface area contributed by atoms with Gasteiger partial charge in [-0.25, -0.2) is 0 Å². The van der Waals surface area contributed by atoms with E-state index in [0.29, 0.717) is 12.3 Å². The molecule has 122 valence electrons. The fourth-order valence-corrected chi connectivity index (χ4v) is 3.05. The highest BCUT2D eigenvalue weighted by atomic mass is 32.1. The molecular formula is C20H19NO2S. The maximum Gasteiger partial charge on any atom is 0.266 e. The van der Waals surface area contributed by atoms with Gasteiger partial charge in [0.2, 0.25) is 6.10 Å². The number of hydrogen-bond acceptors (Lipinski definition) is 3. The van der Waals surface area contributed by atoms with Gasteiger partial charge in [0.05, 0.1) is 6.54 Å². The molecule has 0 spiro atoms. The third-order valence-electron chi connectivity index (χ3n) is 3.60. The zero-order valence-corrected chi connectivity index (χ0v) is 14.3. The molecular weight excluding hydrogens is 318 g/mol. The Labute approximate surface area is 145 Å². The summed E-state index contributed by atoms with van der Waals surface area (Å²) in [7, 11) is 0. The van der Waals surface area contributed by atoms with Crippen LogP contribution in [0.4, 0.5) is 0 Å². The highest BCUT2D eigenvalue weighted by molar-refractivity contribution is 7.09. The summed E-state index contributed by atoms with van der Waals surface area (Å²) in [6.07, 6.45) is -0.673. The lowest BCUT2D eigenvalue weighted by Gasteiger charge is -2.19. The molecule has 0 bridgehead atoms. The highest BCUT2D eigenvalue weighted by Gasteiger charge is 2.22. The number of amides is 1. The Bertz CT molecular complexity index is 784. The fourth-order valence-electron chi connectivity index (χ4n) is 2.41. The number of carbonyl (C=O) groups excluding carboxylic acids is 1. The van der Waals surface area contributed by atoms with E-state index in [-0.39, 0.29) is 5.91 Å². The number of carbonyl (C=O) groups is 1. The van der Waals surface area contributed by atoms with E-state index in [1.807, 2.05) is 79.0 Å². The largest absolute Gasteiger partial charge is 0.476 e. The molecule has 0 saturated carbocycles. The van der Waals surface area contributed by atoms with Crippen molar-refractivity contribution in [2.75, 3.05) is 0 Å². The van der Waals surface area contributed by atoms with Gasteiger partial charge in [-0.2, -0.15) is 0 Å². The van der Waals surface area contributed by atoms with Crippen LogP contribution in [0.5, 0.6) is 5.75 Å². The molecule has 1 N–H and O–H groups in total. The Morgan fingerprint density at radius 3 is 2.62 bits per heavy atom. The van der Waals surface area contributed by atoms with Crippen LogP contribution >= 0.6 is 11.3 Å². The van der Waals surface area contributed by atoms with E-state index in [2.05, 4.69) is 5.32 Å². The Morgan fingerprint density at radius 1 is 1.08 bits per heavy atom. The number of thiophene rings is 1. The van der Waals surface area contributed by atoms with Crippen molar-refractivity contribution in [2.45, 2.75) is 19.6 Å². The highest BCUT2D eigenvalue weighted by Crippen LogP contribution is 2.23. The molecule has 0 radical (unpaired) electrons. The summed E-state index contributed by atoms with van der Waals surface area (Å²) in [4.78, 5) is 13.8. The molecule has 1 atom stereocenters. The zero-order valence-electron chi connectivity index (χ0n) is 13.4. The summed E-state index contributed by atoms with van der Waals surface area (Å²) in [5.41, 5.74) is 1.93. The van der Waals surface area contributed by atoms with E-state index in [4.69, 9.17) is 4.74 Å². The van der Waals surface area contributed by atoms with Gasteiger partial charge in [-0.1, -0.05) is 48.5 Å². The van der Waals surface area contributed by atoms with Gasteiger partial charge < -0.3 is 10.1 Å². The van der Waals surface area contributed by atoms with Crippen molar-refractivity contribution in [1.82, 2.24) is 5.32 Å². The first kappa shape index (κ1) is 16.3. The monoisotopic (exact) mass is 337 g/mol. The van der Waals surface area contributed by atoms with Gasteiger partial charge in [-0.3, -0.25) is 4.79 Å². The van der Waals surface area contributed by atoms with E-state index in [1.54, 1.807) is 11.3 Å². The molecule has 1 aromatic heterocycles. The third-order valence-corrected chi connectivity index (χ3v) is 4.48. The summed E-state index contributed by atoms with van der Waals surface area (Å²) in [5.74, 6) is 0.547. The molecule has 0 aliphatic carbocycles. The molecule has 0 fully saturated rings. The van der Waals surface area contributed by atoms with Crippen LogP contribution in [0.1, 0.15) is 22.1 Å². The number of hydrogen-bond donors (Lipinski definition) is 1. The van der Waals surface area contributed by atoms with E-state index < -0.39 is 6.10 Å². The minimum atomic E-state index is -0.673. The Balaban J connectivity index is 1.78. The van der Waals surface area contributed by atoms with Gasteiger partial charge >= 0.3 is 0 Å². The first-order chi connectivity index (χ1) is 11.7. The maximum atomic E-state index is 12.7. The SMILES string of the molecule is Cc1cccc(OC(C(=O)NCc2cccs2)c2ccccc2)c1. The number of aryl methyl sites for hydroxylation is 1. The van der Waals surface area contributed by atoms with Crippen molar-refractivity contribution in [3.63, 3.8) is 0 Å².